The topological polar surface area (TPSA) is 52.9 Å². The van der Waals surface area contributed by atoms with Crippen molar-refractivity contribution in [1.29, 1.82) is 5.26 Å². The lowest BCUT2D eigenvalue weighted by atomic mass is 9.87. The van der Waals surface area contributed by atoms with E-state index in [1.165, 1.54) is 12.1 Å². The molecule has 0 aliphatic rings. The van der Waals surface area contributed by atoms with Crippen LogP contribution < -0.4 is 5.32 Å². The SMILES string of the molecule is CC(C)C(C(=O)Nc1cccc(C#N)c1)c1ccc(F)cc1. The van der Waals surface area contributed by atoms with Gasteiger partial charge in [-0.25, -0.2) is 4.39 Å². The molecule has 0 spiro atoms. The third-order valence-electron chi connectivity index (χ3n) is 3.44. The van der Waals surface area contributed by atoms with Gasteiger partial charge in [0.05, 0.1) is 17.6 Å². The number of benzene rings is 2. The summed E-state index contributed by atoms with van der Waals surface area (Å²) in [4.78, 5) is 12.6. The van der Waals surface area contributed by atoms with Gasteiger partial charge in [0.15, 0.2) is 0 Å². The molecule has 1 atom stereocenters. The fraction of sp³-hybridized carbons (Fsp3) is 0.222. The third kappa shape index (κ3) is 3.70. The van der Waals surface area contributed by atoms with Gasteiger partial charge in [0.1, 0.15) is 5.82 Å². The maximum absolute atomic E-state index is 13.1. The first kappa shape index (κ1) is 15.7. The first-order valence-electron chi connectivity index (χ1n) is 7.07. The average molecular weight is 296 g/mol. The van der Waals surface area contributed by atoms with Crippen LogP contribution in [0.3, 0.4) is 0 Å². The van der Waals surface area contributed by atoms with Crippen molar-refractivity contribution in [2.45, 2.75) is 19.8 Å². The van der Waals surface area contributed by atoms with Crippen molar-refractivity contribution in [2.24, 2.45) is 5.92 Å². The molecule has 0 saturated heterocycles. The first-order chi connectivity index (χ1) is 10.5. The monoisotopic (exact) mass is 296 g/mol. The van der Waals surface area contributed by atoms with E-state index >= 15 is 0 Å². The molecule has 2 rings (SSSR count). The lowest BCUT2D eigenvalue weighted by molar-refractivity contribution is -0.118. The molecule has 4 heteroatoms. The van der Waals surface area contributed by atoms with E-state index in [0.29, 0.717) is 11.3 Å². The highest BCUT2D eigenvalue weighted by Gasteiger charge is 2.24. The summed E-state index contributed by atoms with van der Waals surface area (Å²) in [6, 6.07) is 14.8. The minimum atomic E-state index is -0.383. The summed E-state index contributed by atoms with van der Waals surface area (Å²) in [5.41, 5.74) is 1.84. The predicted octanol–water partition coefficient (Wildman–Crippen LogP) is 4.08. The van der Waals surface area contributed by atoms with Crippen molar-refractivity contribution < 1.29 is 9.18 Å². The van der Waals surface area contributed by atoms with E-state index in [1.807, 2.05) is 19.9 Å². The predicted molar refractivity (Wildman–Crippen MR) is 83.8 cm³/mol. The second-order valence-corrected chi connectivity index (χ2v) is 5.46. The van der Waals surface area contributed by atoms with Crippen molar-refractivity contribution in [3.8, 4) is 6.07 Å². The number of nitrogens with one attached hydrogen (secondary N) is 1. The molecule has 0 fully saturated rings. The Morgan fingerprint density at radius 3 is 2.45 bits per heavy atom. The summed E-state index contributed by atoms with van der Waals surface area (Å²) in [5.74, 6) is -0.818. The van der Waals surface area contributed by atoms with Crippen molar-refractivity contribution in [3.05, 3.63) is 65.5 Å². The quantitative estimate of drug-likeness (QED) is 0.924. The minimum absolute atomic E-state index is 0.0598. The fourth-order valence-corrected chi connectivity index (χ4v) is 2.40. The highest BCUT2D eigenvalue weighted by molar-refractivity contribution is 5.96. The number of carbonyl (C=O) groups excluding carboxylic acids is 1. The Labute approximate surface area is 129 Å². The van der Waals surface area contributed by atoms with Crippen LogP contribution >= 0.6 is 0 Å². The van der Waals surface area contributed by atoms with E-state index in [9.17, 15) is 9.18 Å². The molecule has 0 bridgehead atoms. The third-order valence-corrected chi connectivity index (χ3v) is 3.44. The summed E-state index contributed by atoms with van der Waals surface area (Å²) in [6.07, 6.45) is 0. The number of nitrogens with zero attached hydrogens (tertiary/aromatic N) is 1. The smallest absolute Gasteiger partial charge is 0.232 e. The van der Waals surface area contributed by atoms with E-state index in [4.69, 9.17) is 5.26 Å². The molecule has 0 aliphatic carbocycles. The van der Waals surface area contributed by atoms with Crippen molar-refractivity contribution >= 4 is 11.6 Å². The number of halogens is 1. The standard InChI is InChI=1S/C18H17FN2O/c1-12(2)17(14-6-8-15(19)9-7-14)18(22)21-16-5-3-4-13(10-16)11-20/h3-10,12,17H,1-2H3,(H,21,22). The van der Waals surface area contributed by atoms with Crippen LogP contribution in [-0.2, 0) is 4.79 Å². The Kier molecular flexibility index (Phi) is 4.90. The molecule has 0 heterocycles. The van der Waals surface area contributed by atoms with Crippen LogP contribution in [0, 0.1) is 23.1 Å². The Morgan fingerprint density at radius 2 is 1.86 bits per heavy atom. The van der Waals surface area contributed by atoms with Gasteiger partial charge in [-0.1, -0.05) is 32.0 Å². The molecule has 0 saturated carbocycles. The fourth-order valence-electron chi connectivity index (χ4n) is 2.40. The normalized spacial score (nSPS) is 11.8. The minimum Gasteiger partial charge on any atom is -0.326 e. The molecule has 2 aromatic rings. The van der Waals surface area contributed by atoms with Crippen LogP contribution in [-0.4, -0.2) is 5.91 Å². The number of anilines is 1. The maximum Gasteiger partial charge on any atom is 0.232 e. The van der Waals surface area contributed by atoms with Gasteiger partial charge < -0.3 is 5.32 Å². The number of rotatable bonds is 4. The molecule has 1 amide bonds. The van der Waals surface area contributed by atoms with E-state index in [0.717, 1.165) is 5.56 Å². The molecule has 112 valence electrons. The van der Waals surface area contributed by atoms with Crippen molar-refractivity contribution in [2.75, 3.05) is 5.32 Å². The van der Waals surface area contributed by atoms with Crippen LogP contribution in [0.1, 0.15) is 30.9 Å². The number of amides is 1. The molecule has 3 nitrogen and oxygen atoms in total. The largest absolute Gasteiger partial charge is 0.326 e. The van der Waals surface area contributed by atoms with E-state index < -0.39 is 0 Å². The molecule has 2 aromatic carbocycles. The van der Waals surface area contributed by atoms with Gasteiger partial charge in [0, 0.05) is 5.69 Å². The summed E-state index contributed by atoms with van der Waals surface area (Å²) >= 11 is 0. The molecule has 0 aliphatic heterocycles. The van der Waals surface area contributed by atoms with Gasteiger partial charge in [-0.2, -0.15) is 5.26 Å². The Balaban J connectivity index is 2.23. The van der Waals surface area contributed by atoms with E-state index in [-0.39, 0.29) is 23.6 Å². The lowest BCUT2D eigenvalue weighted by Gasteiger charge is -2.21. The zero-order chi connectivity index (χ0) is 16.1. The first-order valence-corrected chi connectivity index (χ1v) is 7.07. The van der Waals surface area contributed by atoms with Crippen LogP contribution in [0.2, 0.25) is 0 Å². The summed E-state index contributed by atoms with van der Waals surface area (Å²) < 4.78 is 13.1. The number of nitriles is 1. The van der Waals surface area contributed by atoms with E-state index in [2.05, 4.69) is 5.32 Å². The number of hydrogen-bond donors (Lipinski definition) is 1. The van der Waals surface area contributed by atoms with Gasteiger partial charge in [-0.3, -0.25) is 4.79 Å². The summed E-state index contributed by atoms with van der Waals surface area (Å²) in [5, 5.41) is 11.7. The van der Waals surface area contributed by atoms with Crippen LogP contribution in [0.4, 0.5) is 10.1 Å². The summed E-state index contributed by atoms with van der Waals surface area (Å²) in [6.45, 7) is 3.89. The molecule has 0 radical (unpaired) electrons. The lowest BCUT2D eigenvalue weighted by Crippen LogP contribution is -2.25. The second kappa shape index (κ2) is 6.86. The van der Waals surface area contributed by atoms with Gasteiger partial charge in [-0.05, 0) is 41.8 Å². The van der Waals surface area contributed by atoms with Gasteiger partial charge in [-0.15, -0.1) is 0 Å². The zero-order valence-corrected chi connectivity index (χ0v) is 12.5. The van der Waals surface area contributed by atoms with E-state index in [1.54, 1.807) is 36.4 Å². The zero-order valence-electron chi connectivity index (χ0n) is 12.5. The van der Waals surface area contributed by atoms with Gasteiger partial charge in [0.2, 0.25) is 5.91 Å². The average Bonchev–Trinajstić information content (AvgIpc) is 2.49. The van der Waals surface area contributed by atoms with Crippen LogP contribution in [0.25, 0.3) is 0 Å². The highest BCUT2D eigenvalue weighted by Crippen LogP contribution is 2.26. The van der Waals surface area contributed by atoms with Crippen LogP contribution in [0.5, 0.6) is 0 Å². The Morgan fingerprint density at radius 1 is 1.18 bits per heavy atom. The number of carbonyl (C=O) groups is 1. The molecular weight excluding hydrogens is 279 g/mol. The molecule has 0 aromatic heterocycles. The molecular formula is C18H17FN2O. The van der Waals surface area contributed by atoms with Gasteiger partial charge >= 0.3 is 0 Å². The second-order valence-electron chi connectivity index (χ2n) is 5.46. The highest BCUT2D eigenvalue weighted by atomic mass is 19.1. The molecule has 1 unspecified atom stereocenters. The maximum atomic E-state index is 13.1. The van der Waals surface area contributed by atoms with Crippen LogP contribution in [0.15, 0.2) is 48.5 Å². The molecule has 1 N–H and O–H groups in total. The Bertz CT molecular complexity index is 702. The van der Waals surface area contributed by atoms with Crippen molar-refractivity contribution in [3.63, 3.8) is 0 Å². The summed E-state index contributed by atoms with van der Waals surface area (Å²) in [7, 11) is 0. The number of hydrogen-bond acceptors (Lipinski definition) is 2. The van der Waals surface area contributed by atoms with Crippen molar-refractivity contribution in [1.82, 2.24) is 0 Å². The van der Waals surface area contributed by atoms with Gasteiger partial charge in [0.25, 0.3) is 0 Å². The molecule has 22 heavy (non-hydrogen) atoms. The Hall–Kier alpha value is -2.67.